The van der Waals surface area contributed by atoms with E-state index in [1.807, 2.05) is 6.26 Å². The first-order chi connectivity index (χ1) is 9.58. The van der Waals surface area contributed by atoms with Gasteiger partial charge in [-0.05, 0) is 42.8 Å². The fourth-order valence-corrected chi connectivity index (χ4v) is 2.83. The summed E-state index contributed by atoms with van der Waals surface area (Å²) in [6.45, 7) is 0. The van der Waals surface area contributed by atoms with Crippen molar-refractivity contribution in [2.75, 3.05) is 24.0 Å². The van der Waals surface area contributed by atoms with E-state index >= 15 is 0 Å². The molecule has 1 aromatic carbocycles. The molecule has 1 heterocycles. The number of phenolic OH excluding ortho intramolecular Hbond substituents is 1. The quantitative estimate of drug-likeness (QED) is 0.808. The van der Waals surface area contributed by atoms with Crippen LogP contribution in [0.25, 0.3) is 0 Å². The molecule has 1 aromatic rings. The number of methoxy groups -OCH3 is 1. The molecule has 20 heavy (non-hydrogen) atoms. The van der Waals surface area contributed by atoms with E-state index in [4.69, 9.17) is 17.0 Å². The molecule has 1 saturated heterocycles. The molecular weight excluding hydrogens is 296 g/mol. The second kappa shape index (κ2) is 6.32. The van der Waals surface area contributed by atoms with Crippen molar-refractivity contribution in [2.24, 2.45) is 0 Å². The minimum atomic E-state index is -0.292. The van der Waals surface area contributed by atoms with Gasteiger partial charge < -0.3 is 15.2 Å². The minimum Gasteiger partial charge on any atom is -0.504 e. The van der Waals surface area contributed by atoms with Crippen LogP contribution in [-0.4, -0.2) is 41.3 Å². The maximum absolute atomic E-state index is 12.3. The Bertz CT molecular complexity index is 536. The van der Waals surface area contributed by atoms with Gasteiger partial charge in [0.15, 0.2) is 16.6 Å². The lowest BCUT2D eigenvalue weighted by atomic mass is 10.2. The van der Waals surface area contributed by atoms with Crippen LogP contribution in [0, 0.1) is 0 Å². The van der Waals surface area contributed by atoms with Gasteiger partial charge in [0.2, 0.25) is 0 Å². The smallest absolute Gasteiger partial charge is 0.255 e. The highest BCUT2D eigenvalue weighted by Gasteiger charge is 2.36. The van der Waals surface area contributed by atoms with Gasteiger partial charge in [-0.25, -0.2) is 0 Å². The Morgan fingerprint density at radius 2 is 2.30 bits per heavy atom. The number of carbonyl (C=O) groups excluding carboxylic acids is 1. The number of aromatic hydroxyl groups is 1. The summed E-state index contributed by atoms with van der Waals surface area (Å²) in [4.78, 5) is 13.8. The molecule has 1 atom stereocenters. The van der Waals surface area contributed by atoms with E-state index in [1.54, 1.807) is 23.9 Å². The maximum Gasteiger partial charge on any atom is 0.255 e. The van der Waals surface area contributed by atoms with Crippen LogP contribution in [-0.2, 0) is 4.79 Å². The largest absolute Gasteiger partial charge is 0.504 e. The van der Waals surface area contributed by atoms with E-state index in [1.165, 1.54) is 18.1 Å². The van der Waals surface area contributed by atoms with Crippen LogP contribution in [0.4, 0.5) is 5.69 Å². The summed E-state index contributed by atoms with van der Waals surface area (Å²) in [5.74, 6) is 1.13. The second-order valence-electron chi connectivity index (χ2n) is 4.31. The van der Waals surface area contributed by atoms with Gasteiger partial charge in [0, 0.05) is 6.07 Å². The van der Waals surface area contributed by atoms with Crippen LogP contribution in [0.15, 0.2) is 18.2 Å². The second-order valence-corrected chi connectivity index (χ2v) is 5.69. The van der Waals surface area contributed by atoms with Crippen molar-refractivity contribution in [3.63, 3.8) is 0 Å². The lowest BCUT2D eigenvalue weighted by Gasteiger charge is -2.16. The highest BCUT2D eigenvalue weighted by atomic mass is 32.2. The predicted octanol–water partition coefficient (Wildman–Crippen LogP) is 1.74. The molecule has 1 fully saturated rings. The lowest BCUT2D eigenvalue weighted by Crippen LogP contribution is -2.31. The highest BCUT2D eigenvalue weighted by Crippen LogP contribution is 2.32. The molecule has 0 radical (unpaired) electrons. The van der Waals surface area contributed by atoms with Gasteiger partial charge in [-0.2, -0.15) is 11.8 Å². The Hall–Kier alpha value is -1.47. The van der Waals surface area contributed by atoms with Crippen LogP contribution in [0.2, 0.25) is 0 Å². The Labute approximate surface area is 127 Å². The first-order valence-electron chi connectivity index (χ1n) is 6.09. The number of nitrogens with zero attached hydrogens (tertiary/aromatic N) is 1. The van der Waals surface area contributed by atoms with Crippen LogP contribution in [0.5, 0.6) is 11.5 Å². The van der Waals surface area contributed by atoms with Gasteiger partial charge in [0.25, 0.3) is 5.91 Å². The Kier molecular flexibility index (Phi) is 4.72. The highest BCUT2D eigenvalue weighted by molar-refractivity contribution is 7.98. The van der Waals surface area contributed by atoms with Gasteiger partial charge in [0.1, 0.15) is 6.04 Å². The average molecular weight is 312 g/mol. The molecule has 0 unspecified atom stereocenters. The summed E-state index contributed by atoms with van der Waals surface area (Å²) < 4.78 is 4.99. The summed E-state index contributed by atoms with van der Waals surface area (Å²) in [7, 11) is 1.47. The first kappa shape index (κ1) is 14.9. The minimum absolute atomic E-state index is 0.0202. The molecule has 7 heteroatoms. The average Bonchev–Trinajstić information content (AvgIpc) is 2.71. The summed E-state index contributed by atoms with van der Waals surface area (Å²) in [5, 5.41) is 13.2. The first-order valence-corrected chi connectivity index (χ1v) is 7.89. The van der Waals surface area contributed by atoms with Crippen molar-refractivity contribution in [1.82, 2.24) is 5.32 Å². The summed E-state index contributed by atoms with van der Waals surface area (Å²) in [6.07, 6.45) is 2.72. The number of anilines is 1. The zero-order valence-electron chi connectivity index (χ0n) is 11.3. The summed E-state index contributed by atoms with van der Waals surface area (Å²) in [6, 6.07) is 4.48. The zero-order valence-corrected chi connectivity index (χ0v) is 12.9. The van der Waals surface area contributed by atoms with Crippen molar-refractivity contribution in [2.45, 2.75) is 12.5 Å². The van der Waals surface area contributed by atoms with Crippen LogP contribution < -0.4 is 15.0 Å². The standard InChI is InChI=1S/C13H16N2O3S2/c1-18-11-4-3-8(7-10(11)16)15-12(17)9(5-6-20-2)14-13(15)19/h3-4,7,9,16H,5-6H2,1-2H3,(H,14,19)/t9-/m0/s1. The van der Waals surface area contributed by atoms with Gasteiger partial charge in [0.05, 0.1) is 12.8 Å². The predicted molar refractivity (Wildman–Crippen MR) is 84.7 cm³/mol. The molecule has 1 amide bonds. The van der Waals surface area contributed by atoms with Gasteiger partial charge in [-0.1, -0.05) is 0 Å². The third kappa shape index (κ3) is 2.83. The summed E-state index contributed by atoms with van der Waals surface area (Å²) in [5.41, 5.74) is 0.539. The van der Waals surface area contributed by atoms with Crippen molar-refractivity contribution in [3.8, 4) is 11.5 Å². The number of nitrogens with one attached hydrogen (secondary N) is 1. The van der Waals surface area contributed by atoms with E-state index in [2.05, 4.69) is 5.32 Å². The molecule has 0 spiro atoms. The molecule has 0 bridgehead atoms. The van der Waals surface area contributed by atoms with Crippen LogP contribution >= 0.6 is 24.0 Å². The number of thiocarbonyl (C=S) groups is 1. The molecule has 2 rings (SSSR count). The number of hydrogen-bond acceptors (Lipinski definition) is 5. The summed E-state index contributed by atoms with van der Waals surface area (Å²) >= 11 is 6.89. The molecule has 1 aliphatic heterocycles. The van der Waals surface area contributed by atoms with Gasteiger partial charge >= 0.3 is 0 Å². The van der Waals surface area contributed by atoms with Crippen molar-refractivity contribution in [1.29, 1.82) is 0 Å². The number of hydrogen-bond donors (Lipinski definition) is 2. The number of ether oxygens (including phenoxy) is 1. The van der Waals surface area contributed by atoms with E-state index in [-0.39, 0.29) is 17.7 Å². The number of rotatable bonds is 5. The van der Waals surface area contributed by atoms with Gasteiger partial charge in [-0.15, -0.1) is 0 Å². The topological polar surface area (TPSA) is 61.8 Å². The molecule has 5 nitrogen and oxygen atoms in total. The van der Waals surface area contributed by atoms with E-state index < -0.39 is 0 Å². The van der Waals surface area contributed by atoms with E-state index in [0.29, 0.717) is 16.5 Å². The number of amides is 1. The molecule has 1 aliphatic rings. The fourth-order valence-electron chi connectivity index (χ4n) is 2.02. The molecule has 0 saturated carbocycles. The molecule has 2 N–H and O–H groups in total. The van der Waals surface area contributed by atoms with E-state index in [0.717, 1.165) is 12.2 Å². The van der Waals surface area contributed by atoms with Crippen molar-refractivity contribution in [3.05, 3.63) is 18.2 Å². The third-order valence-corrected chi connectivity index (χ3v) is 3.99. The Morgan fingerprint density at radius 1 is 1.55 bits per heavy atom. The lowest BCUT2D eigenvalue weighted by molar-refractivity contribution is -0.118. The SMILES string of the molecule is COc1ccc(N2C(=O)[C@H](CCSC)NC2=S)cc1O. The molecule has 108 valence electrons. The van der Waals surface area contributed by atoms with Crippen molar-refractivity contribution < 1.29 is 14.6 Å². The fraction of sp³-hybridized carbons (Fsp3) is 0.385. The van der Waals surface area contributed by atoms with Crippen LogP contribution in [0.1, 0.15) is 6.42 Å². The normalized spacial score (nSPS) is 18.3. The third-order valence-electron chi connectivity index (χ3n) is 3.05. The number of phenols is 1. The van der Waals surface area contributed by atoms with E-state index in [9.17, 15) is 9.90 Å². The number of thioether (sulfide) groups is 1. The molecular formula is C13H16N2O3S2. The van der Waals surface area contributed by atoms with Crippen molar-refractivity contribution >= 4 is 40.7 Å². The Morgan fingerprint density at radius 3 is 2.90 bits per heavy atom. The molecule has 0 aliphatic carbocycles. The molecule has 0 aromatic heterocycles. The number of carbonyl (C=O) groups is 1. The zero-order chi connectivity index (χ0) is 14.7. The maximum atomic E-state index is 12.3. The number of benzene rings is 1. The monoisotopic (exact) mass is 312 g/mol. The van der Waals surface area contributed by atoms with Crippen LogP contribution in [0.3, 0.4) is 0 Å². The Balaban J connectivity index is 2.22. The van der Waals surface area contributed by atoms with Gasteiger partial charge in [-0.3, -0.25) is 9.69 Å².